The van der Waals surface area contributed by atoms with E-state index in [-0.39, 0.29) is 12.0 Å². The first kappa shape index (κ1) is 12.7. The Hall–Kier alpha value is -1.35. The van der Waals surface area contributed by atoms with Crippen LogP contribution in [-0.4, -0.2) is 13.1 Å². The average Bonchev–Trinajstić information content (AvgIpc) is 3.26. The van der Waals surface area contributed by atoms with Gasteiger partial charge in [0.15, 0.2) is 0 Å². The van der Waals surface area contributed by atoms with E-state index in [4.69, 9.17) is 10.5 Å². The molecule has 0 aliphatic heterocycles. The summed E-state index contributed by atoms with van der Waals surface area (Å²) in [5, 5.41) is 0. The minimum atomic E-state index is -0.461. The van der Waals surface area contributed by atoms with Crippen LogP contribution in [0.5, 0.6) is 0 Å². The number of hydrogen-bond acceptors (Lipinski definition) is 3. The SMILES string of the molecule is COC(=O)C1(C(N)c2ccc3c(c2)CCCC3)CC1. The van der Waals surface area contributed by atoms with Crippen molar-refractivity contribution in [3.63, 3.8) is 0 Å². The predicted octanol–water partition coefficient (Wildman–Crippen LogP) is 2.52. The predicted molar refractivity (Wildman–Crippen MR) is 73.7 cm³/mol. The van der Waals surface area contributed by atoms with Gasteiger partial charge in [0.05, 0.1) is 12.5 Å². The normalized spacial score (nSPS) is 21.4. The second kappa shape index (κ2) is 4.64. The summed E-state index contributed by atoms with van der Waals surface area (Å²) < 4.78 is 4.91. The van der Waals surface area contributed by atoms with E-state index >= 15 is 0 Å². The average molecular weight is 259 g/mol. The monoisotopic (exact) mass is 259 g/mol. The van der Waals surface area contributed by atoms with E-state index in [1.165, 1.54) is 37.5 Å². The van der Waals surface area contributed by atoms with Gasteiger partial charge >= 0.3 is 5.97 Å². The van der Waals surface area contributed by atoms with Crippen LogP contribution in [0.4, 0.5) is 0 Å². The maximum absolute atomic E-state index is 11.9. The maximum atomic E-state index is 11.9. The lowest BCUT2D eigenvalue weighted by atomic mass is 9.85. The molecule has 0 radical (unpaired) electrons. The minimum Gasteiger partial charge on any atom is -0.469 e. The van der Waals surface area contributed by atoms with Gasteiger partial charge in [0.2, 0.25) is 0 Å². The second-order valence-electron chi connectivity index (χ2n) is 5.86. The lowest BCUT2D eigenvalue weighted by molar-refractivity contribution is -0.148. The van der Waals surface area contributed by atoms with Crippen LogP contribution in [0.3, 0.4) is 0 Å². The first-order valence-corrected chi connectivity index (χ1v) is 7.13. The Bertz CT molecular complexity index is 505. The molecule has 0 aromatic heterocycles. The van der Waals surface area contributed by atoms with E-state index < -0.39 is 5.41 Å². The van der Waals surface area contributed by atoms with Crippen molar-refractivity contribution in [2.45, 2.75) is 44.6 Å². The topological polar surface area (TPSA) is 52.3 Å². The van der Waals surface area contributed by atoms with Crippen LogP contribution in [0, 0.1) is 5.41 Å². The molecular formula is C16H21NO2. The number of nitrogens with two attached hydrogens (primary N) is 1. The number of hydrogen-bond donors (Lipinski definition) is 1. The van der Waals surface area contributed by atoms with Crippen molar-refractivity contribution >= 4 is 5.97 Å². The Morgan fingerprint density at radius 1 is 1.26 bits per heavy atom. The van der Waals surface area contributed by atoms with E-state index in [1.54, 1.807) is 0 Å². The lowest BCUT2D eigenvalue weighted by Gasteiger charge is -2.24. The van der Waals surface area contributed by atoms with Crippen molar-refractivity contribution in [2.75, 3.05) is 7.11 Å². The fraction of sp³-hybridized carbons (Fsp3) is 0.562. The zero-order chi connectivity index (χ0) is 13.5. The van der Waals surface area contributed by atoms with Crippen LogP contribution in [-0.2, 0) is 22.4 Å². The number of benzene rings is 1. The standard InChI is InChI=1S/C16H21NO2/c1-19-15(18)16(8-9-16)14(17)13-7-6-11-4-2-3-5-12(11)10-13/h6-7,10,14H,2-5,8-9,17H2,1H3. The van der Waals surface area contributed by atoms with Crippen LogP contribution in [0.2, 0.25) is 0 Å². The van der Waals surface area contributed by atoms with Gasteiger partial charge < -0.3 is 10.5 Å². The van der Waals surface area contributed by atoms with Crippen LogP contribution in [0.1, 0.15) is 48.4 Å². The molecule has 0 bridgehead atoms. The highest BCUT2D eigenvalue weighted by molar-refractivity contribution is 5.81. The zero-order valence-electron chi connectivity index (χ0n) is 11.4. The fourth-order valence-corrected chi connectivity index (χ4v) is 3.25. The van der Waals surface area contributed by atoms with Crippen molar-refractivity contribution < 1.29 is 9.53 Å². The van der Waals surface area contributed by atoms with Gasteiger partial charge in [-0.3, -0.25) is 4.79 Å². The molecule has 1 saturated carbocycles. The lowest BCUT2D eigenvalue weighted by Crippen LogP contribution is -2.31. The second-order valence-corrected chi connectivity index (χ2v) is 5.86. The molecule has 19 heavy (non-hydrogen) atoms. The Labute approximate surface area is 114 Å². The molecule has 0 amide bonds. The van der Waals surface area contributed by atoms with Gasteiger partial charge in [-0.1, -0.05) is 18.2 Å². The van der Waals surface area contributed by atoms with E-state index in [1.807, 2.05) is 0 Å². The van der Waals surface area contributed by atoms with E-state index in [0.29, 0.717) is 0 Å². The highest BCUT2D eigenvalue weighted by Crippen LogP contribution is 2.54. The molecule has 2 aliphatic carbocycles. The number of methoxy groups -OCH3 is 1. The number of fused-ring (bicyclic) bond motifs is 1. The summed E-state index contributed by atoms with van der Waals surface area (Å²) in [7, 11) is 1.45. The Kier molecular flexibility index (Phi) is 3.09. The van der Waals surface area contributed by atoms with Gasteiger partial charge in [0, 0.05) is 6.04 Å². The third-order valence-electron chi connectivity index (χ3n) is 4.71. The maximum Gasteiger partial charge on any atom is 0.313 e. The number of rotatable bonds is 3. The Morgan fingerprint density at radius 2 is 1.95 bits per heavy atom. The van der Waals surface area contributed by atoms with Gasteiger partial charge in [-0.15, -0.1) is 0 Å². The molecule has 2 N–H and O–H groups in total. The van der Waals surface area contributed by atoms with Crippen molar-refractivity contribution in [3.8, 4) is 0 Å². The quantitative estimate of drug-likeness (QED) is 0.849. The van der Waals surface area contributed by atoms with E-state index in [2.05, 4.69) is 18.2 Å². The molecule has 3 heteroatoms. The Balaban J connectivity index is 1.88. The van der Waals surface area contributed by atoms with Crippen molar-refractivity contribution in [2.24, 2.45) is 11.1 Å². The number of ether oxygens (including phenoxy) is 1. The molecule has 1 unspecified atom stereocenters. The molecule has 1 atom stereocenters. The first-order valence-electron chi connectivity index (χ1n) is 7.13. The van der Waals surface area contributed by atoms with Crippen molar-refractivity contribution in [1.29, 1.82) is 0 Å². The molecule has 0 saturated heterocycles. The molecule has 3 rings (SSSR count). The van der Waals surface area contributed by atoms with Gasteiger partial charge in [-0.2, -0.15) is 0 Å². The molecule has 1 fully saturated rings. The molecule has 2 aliphatic rings. The third kappa shape index (κ3) is 2.06. The summed E-state index contributed by atoms with van der Waals surface area (Å²) in [6.45, 7) is 0. The van der Waals surface area contributed by atoms with Crippen LogP contribution in [0.25, 0.3) is 0 Å². The number of esters is 1. The summed E-state index contributed by atoms with van der Waals surface area (Å²) >= 11 is 0. The number of aryl methyl sites for hydroxylation is 2. The minimum absolute atomic E-state index is 0.155. The summed E-state index contributed by atoms with van der Waals surface area (Å²) in [5.41, 5.74) is 9.84. The Morgan fingerprint density at radius 3 is 2.58 bits per heavy atom. The summed E-state index contributed by atoms with van der Waals surface area (Å²) in [4.78, 5) is 11.9. The van der Waals surface area contributed by atoms with Gasteiger partial charge in [0.1, 0.15) is 0 Å². The van der Waals surface area contributed by atoms with Crippen LogP contribution < -0.4 is 5.73 Å². The zero-order valence-corrected chi connectivity index (χ0v) is 11.4. The van der Waals surface area contributed by atoms with E-state index in [9.17, 15) is 4.79 Å². The largest absolute Gasteiger partial charge is 0.469 e. The van der Waals surface area contributed by atoms with Crippen molar-refractivity contribution in [1.82, 2.24) is 0 Å². The van der Waals surface area contributed by atoms with Crippen LogP contribution >= 0.6 is 0 Å². The third-order valence-corrected chi connectivity index (χ3v) is 4.71. The molecule has 0 spiro atoms. The highest BCUT2D eigenvalue weighted by Gasteiger charge is 2.56. The molecule has 1 aromatic carbocycles. The molecule has 1 aromatic rings. The van der Waals surface area contributed by atoms with Gasteiger partial charge in [0.25, 0.3) is 0 Å². The number of carbonyl (C=O) groups is 1. The fourth-order valence-electron chi connectivity index (χ4n) is 3.25. The molecule has 102 valence electrons. The molecule has 0 heterocycles. The smallest absolute Gasteiger partial charge is 0.313 e. The summed E-state index contributed by atoms with van der Waals surface area (Å²) in [6.07, 6.45) is 6.54. The van der Waals surface area contributed by atoms with Crippen molar-refractivity contribution in [3.05, 3.63) is 34.9 Å². The summed E-state index contributed by atoms with van der Waals surface area (Å²) in [5.74, 6) is -0.155. The molecular weight excluding hydrogens is 238 g/mol. The van der Waals surface area contributed by atoms with Gasteiger partial charge in [-0.25, -0.2) is 0 Å². The summed E-state index contributed by atoms with van der Waals surface area (Å²) in [6, 6.07) is 6.27. The highest BCUT2D eigenvalue weighted by atomic mass is 16.5. The van der Waals surface area contributed by atoms with Crippen LogP contribution in [0.15, 0.2) is 18.2 Å². The number of carbonyl (C=O) groups excluding carboxylic acids is 1. The van der Waals surface area contributed by atoms with E-state index in [0.717, 1.165) is 24.8 Å². The first-order chi connectivity index (χ1) is 9.17. The molecule has 3 nitrogen and oxygen atoms in total. The van der Waals surface area contributed by atoms with Gasteiger partial charge in [-0.05, 0) is 55.2 Å².